The maximum Gasteiger partial charge on any atom is 0.224 e. The van der Waals surface area contributed by atoms with Crippen LogP contribution in [0.25, 0.3) is 0 Å². The number of hydrogen-bond acceptors (Lipinski definition) is 3. The zero-order valence-corrected chi connectivity index (χ0v) is 15.8. The largest absolute Gasteiger partial charge is 0.340 e. The molecule has 0 aliphatic carbocycles. The zero-order chi connectivity index (χ0) is 17.8. The number of benzene rings is 1. The molecule has 1 aliphatic heterocycles. The van der Waals surface area contributed by atoms with E-state index < -0.39 is 0 Å². The molecule has 2 heterocycles. The lowest BCUT2D eigenvalue weighted by atomic mass is 10.2. The summed E-state index contributed by atoms with van der Waals surface area (Å²) in [6, 6.07) is 7.92. The Morgan fingerprint density at radius 3 is 2.48 bits per heavy atom. The SMILES string of the molecule is Cc1c(Cl)cnn1CCC(=O)N1CCN(Cc2ccccc2Cl)CC1. The van der Waals surface area contributed by atoms with Crippen molar-refractivity contribution in [3.63, 3.8) is 0 Å². The summed E-state index contributed by atoms with van der Waals surface area (Å²) in [5.41, 5.74) is 2.04. The van der Waals surface area contributed by atoms with Gasteiger partial charge in [0.05, 0.1) is 23.5 Å². The molecule has 0 unspecified atom stereocenters. The van der Waals surface area contributed by atoms with Crippen molar-refractivity contribution >= 4 is 29.1 Å². The summed E-state index contributed by atoms with van der Waals surface area (Å²) < 4.78 is 1.79. The van der Waals surface area contributed by atoms with Crippen LogP contribution >= 0.6 is 23.2 Å². The summed E-state index contributed by atoms with van der Waals surface area (Å²) in [5, 5.41) is 5.63. The minimum atomic E-state index is 0.170. The van der Waals surface area contributed by atoms with Gasteiger partial charge in [0.25, 0.3) is 0 Å². The molecule has 1 aliphatic rings. The summed E-state index contributed by atoms with van der Waals surface area (Å²) in [4.78, 5) is 16.7. The molecule has 1 fully saturated rings. The number of aromatic nitrogens is 2. The Labute approximate surface area is 158 Å². The van der Waals surface area contributed by atoms with Crippen LogP contribution in [-0.2, 0) is 17.9 Å². The van der Waals surface area contributed by atoms with Gasteiger partial charge in [0.15, 0.2) is 0 Å². The Morgan fingerprint density at radius 1 is 1.12 bits per heavy atom. The van der Waals surface area contributed by atoms with Crippen LogP contribution in [0.3, 0.4) is 0 Å². The van der Waals surface area contributed by atoms with E-state index in [1.54, 1.807) is 10.9 Å². The van der Waals surface area contributed by atoms with Crippen LogP contribution in [0.15, 0.2) is 30.5 Å². The van der Waals surface area contributed by atoms with Crippen molar-refractivity contribution in [2.24, 2.45) is 0 Å². The van der Waals surface area contributed by atoms with E-state index in [2.05, 4.69) is 16.1 Å². The molecule has 25 heavy (non-hydrogen) atoms. The molecule has 1 amide bonds. The molecule has 1 saturated heterocycles. The molecule has 5 nitrogen and oxygen atoms in total. The fraction of sp³-hybridized carbons (Fsp3) is 0.444. The van der Waals surface area contributed by atoms with Crippen molar-refractivity contribution < 1.29 is 4.79 Å². The van der Waals surface area contributed by atoms with Crippen molar-refractivity contribution in [3.8, 4) is 0 Å². The maximum atomic E-state index is 12.4. The van der Waals surface area contributed by atoms with Gasteiger partial charge in [-0.3, -0.25) is 14.4 Å². The maximum absolute atomic E-state index is 12.4. The van der Waals surface area contributed by atoms with Crippen LogP contribution in [0.4, 0.5) is 0 Å². The third-order valence-electron chi connectivity index (χ3n) is 4.66. The predicted octanol–water partition coefficient (Wildman–Crippen LogP) is 3.23. The number of nitrogens with zero attached hydrogens (tertiary/aromatic N) is 4. The van der Waals surface area contributed by atoms with Crippen molar-refractivity contribution in [1.82, 2.24) is 19.6 Å². The second-order valence-corrected chi connectivity index (χ2v) is 7.11. The number of piperazine rings is 1. The number of hydrogen-bond donors (Lipinski definition) is 0. The molecule has 7 heteroatoms. The fourth-order valence-electron chi connectivity index (χ4n) is 3.03. The monoisotopic (exact) mass is 380 g/mol. The molecule has 134 valence electrons. The van der Waals surface area contributed by atoms with E-state index in [0.29, 0.717) is 18.0 Å². The van der Waals surface area contributed by atoms with E-state index in [1.165, 1.54) is 0 Å². The van der Waals surface area contributed by atoms with E-state index in [1.807, 2.05) is 30.0 Å². The van der Waals surface area contributed by atoms with Gasteiger partial charge in [-0.25, -0.2) is 0 Å². The first-order valence-electron chi connectivity index (χ1n) is 8.46. The van der Waals surface area contributed by atoms with E-state index in [0.717, 1.165) is 49.0 Å². The van der Waals surface area contributed by atoms with Gasteiger partial charge in [0, 0.05) is 44.2 Å². The standard InChI is InChI=1S/C18H22Cl2N4O/c1-14-17(20)12-21-24(14)7-6-18(25)23-10-8-22(9-11-23)13-15-4-2-3-5-16(15)19/h2-5,12H,6-11,13H2,1H3. The van der Waals surface area contributed by atoms with Gasteiger partial charge in [0.1, 0.15) is 0 Å². The van der Waals surface area contributed by atoms with Crippen LogP contribution in [0.5, 0.6) is 0 Å². The molecule has 1 aromatic carbocycles. The molecule has 1 aromatic heterocycles. The first-order chi connectivity index (χ1) is 12.0. The quantitative estimate of drug-likeness (QED) is 0.799. The van der Waals surface area contributed by atoms with Gasteiger partial charge in [-0.05, 0) is 18.6 Å². The van der Waals surface area contributed by atoms with Gasteiger partial charge in [-0.2, -0.15) is 5.10 Å². The first-order valence-corrected chi connectivity index (χ1v) is 9.21. The molecular weight excluding hydrogens is 359 g/mol. The van der Waals surface area contributed by atoms with Crippen molar-refractivity contribution in [3.05, 3.63) is 51.8 Å². The third kappa shape index (κ3) is 4.54. The fourth-order valence-corrected chi connectivity index (χ4v) is 3.37. The number of carbonyl (C=O) groups excluding carboxylic acids is 1. The Balaban J connectivity index is 1.46. The lowest BCUT2D eigenvalue weighted by molar-refractivity contribution is -0.133. The minimum absolute atomic E-state index is 0.170. The lowest BCUT2D eigenvalue weighted by Crippen LogP contribution is -2.48. The molecule has 0 saturated carbocycles. The van der Waals surface area contributed by atoms with Gasteiger partial charge in [-0.15, -0.1) is 0 Å². The number of carbonyl (C=O) groups is 1. The Kier molecular flexibility index (Phi) is 5.99. The molecule has 0 N–H and O–H groups in total. The van der Waals surface area contributed by atoms with Crippen LogP contribution in [0.2, 0.25) is 10.0 Å². The van der Waals surface area contributed by atoms with Crippen molar-refractivity contribution in [2.75, 3.05) is 26.2 Å². The number of aryl methyl sites for hydroxylation is 1. The Morgan fingerprint density at radius 2 is 1.84 bits per heavy atom. The normalized spacial score (nSPS) is 15.6. The van der Waals surface area contributed by atoms with Gasteiger partial charge in [0.2, 0.25) is 5.91 Å². The van der Waals surface area contributed by atoms with Crippen LogP contribution < -0.4 is 0 Å². The Hall–Kier alpha value is -1.56. The highest BCUT2D eigenvalue weighted by molar-refractivity contribution is 6.31. The average Bonchev–Trinajstić information content (AvgIpc) is 2.94. The van der Waals surface area contributed by atoms with Crippen molar-refractivity contribution in [1.29, 1.82) is 0 Å². The van der Waals surface area contributed by atoms with Gasteiger partial charge >= 0.3 is 0 Å². The number of amides is 1. The molecule has 0 spiro atoms. The van der Waals surface area contributed by atoms with Gasteiger partial charge < -0.3 is 4.90 Å². The molecule has 0 atom stereocenters. The highest BCUT2D eigenvalue weighted by atomic mass is 35.5. The van der Waals surface area contributed by atoms with E-state index >= 15 is 0 Å². The van der Waals surface area contributed by atoms with Crippen LogP contribution in [-0.4, -0.2) is 51.7 Å². The van der Waals surface area contributed by atoms with Crippen molar-refractivity contribution in [2.45, 2.75) is 26.4 Å². The molecule has 3 rings (SSSR count). The van der Waals surface area contributed by atoms with Gasteiger partial charge in [-0.1, -0.05) is 41.4 Å². The number of rotatable bonds is 5. The zero-order valence-electron chi connectivity index (χ0n) is 14.3. The Bertz CT molecular complexity index is 738. The molecule has 0 bridgehead atoms. The summed E-state index contributed by atoms with van der Waals surface area (Å²) >= 11 is 12.2. The molecular formula is C18H22Cl2N4O. The van der Waals surface area contributed by atoms with Crippen LogP contribution in [0.1, 0.15) is 17.7 Å². The van der Waals surface area contributed by atoms with E-state index in [9.17, 15) is 4.79 Å². The average molecular weight is 381 g/mol. The van der Waals surface area contributed by atoms with E-state index in [4.69, 9.17) is 23.2 Å². The second-order valence-electron chi connectivity index (χ2n) is 6.30. The topological polar surface area (TPSA) is 41.4 Å². The molecule has 2 aromatic rings. The number of halogens is 2. The smallest absolute Gasteiger partial charge is 0.224 e. The minimum Gasteiger partial charge on any atom is -0.340 e. The first kappa shape index (κ1) is 18.2. The van der Waals surface area contributed by atoms with Crippen LogP contribution in [0, 0.1) is 6.92 Å². The predicted molar refractivity (Wildman–Crippen MR) is 99.9 cm³/mol. The molecule has 0 radical (unpaired) electrons. The summed E-state index contributed by atoms with van der Waals surface area (Å²) in [7, 11) is 0. The highest BCUT2D eigenvalue weighted by Gasteiger charge is 2.21. The lowest BCUT2D eigenvalue weighted by Gasteiger charge is -2.35. The van der Waals surface area contributed by atoms with E-state index in [-0.39, 0.29) is 5.91 Å². The second kappa shape index (κ2) is 8.21. The summed E-state index contributed by atoms with van der Waals surface area (Å²) in [6.45, 7) is 6.54. The summed E-state index contributed by atoms with van der Waals surface area (Å²) in [6.07, 6.45) is 2.07. The third-order valence-corrected chi connectivity index (χ3v) is 5.40. The highest BCUT2D eigenvalue weighted by Crippen LogP contribution is 2.18. The summed E-state index contributed by atoms with van der Waals surface area (Å²) in [5.74, 6) is 0.170.